The third-order valence-corrected chi connectivity index (χ3v) is 5.88. The first-order chi connectivity index (χ1) is 13.7. The Balaban J connectivity index is 1.75. The van der Waals surface area contributed by atoms with Crippen LogP contribution in [0.4, 0.5) is 5.69 Å². The number of amides is 1. The number of benzene rings is 2. The summed E-state index contributed by atoms with van der Waals surface area (Å²) in [6, 6.07) is 15.3. The van der Waals surface area contributed by atoms with Crippen LogP contribution in [-0.4, -0.2) is 19.3 Å². The molecule has 0 bridgehead atoms. The van der Waals surface area contributed by atoms with E-state index in [9.17, 15) is 13.2 Å². The second kappa shape index (κ2) is 8.45. The lowest BCUT2D eigenvalue weighted by atomic mass is 10.1. The molecular weight excluding hydrogens is 386 g/mol. The van der Waals surface area contributed by atoms with Crippen molar-refractivity contribution < 1.29 is 13.2 Å². The maximum Gasteiger partial charge on any atom is 0.261 e. The van der Waals surface area contributed by atoms with Crippen LogP contribution in [0, 0.1) is 20.8 Å². The van der Waals surface area contributed by atoms with Crippen molar-refractivity contribution in [3.05, 3.63) is 88.7 Å². The molecule has 0 fully saturated rings. The van der Waals surface area contributed by atoms with Gasteiger partial charge < -0.3 is 5.32 Å². The zero-order valence-electron chi connectivity index (χ0n) is 16.6. The van der Waals surface area contributed by atoms with Gasteiger partial charge in [-0.15, -0.1) is 0 Å². The Hall–Kier alpha value is -3.19. The van der Waals surface area contributed by atoms with Gasteiger partial charge in [-0.2, -0.15) is 0 Å². The van der Waals surface area contributed by atoms with Crippen molar-refractivity contribution in [2.45, 2.75) is 32.2 Å². The summed E-state index contributed by atoms with van der Waals surface area (Å²) in [7, 11) is -3.74. The Morgan fingerprint density at radius 2 is 1.69 bits per heavy atom. The normalized spacial score (nSPS) is 11.1. The molecule has 0 aliphatic carbocycles. The Kier molecular flexibility index (Phi) is 5.98. The minimum Gasteiger partial charge on any atom is -0.348 e. The summed E-state index contributed by atoms with van der Waals surface area (Å²) in [4.78, 5) is 16.9. The largest absolute Gasteiger partial charge is 0.348 e. The SMILES string of the molecule is Cc1ccc(S(=O)(=O)Nc2cc(C(=O)NCc3ccc(C)nc3)ccc2C)cc1. The van der Waals surface area contributed by atoms with E-state index >= 15 is 0 Å². The average molecular weight is 410 g/mol. The van der Waals surface area contributed by atoms with E-state index in [1.807, 2.05) is 26.0 Å². The summed E-state index contributed by atoms with van der Waals surface area (Å²) in [6.45, 7) is 5.91. The van der Waals surface area contributed by atoms with Gasteiger partial charge in [0, 0.05) is 24.0 Å². The summed E-state index contributed by atoms with van der Waals surface area (Å²) in [6.07, 6.45) is 1.71. The third kappa shape index (κ3) is 5.20. The van der Waals surface area contributed by atoms with Gasteiger partial charge in [0.25, 0.3) is 15.9 Å². The zero-order chi connectivity index (χ0) is 21.0. The molecule has 6 nitrogen and oxygen atoms in total. The molecule has 0 radical (unpaired) electrons. The second-order valence-electron chi connectivity index (χ2n) is 6.94. The Morgan fingerprint density at radius 3 is 2.34 bits per heavy atom. The Labute approximate surface area is 171 Å². The van der Waals surface area contributed by atoms with Crippen molar-refractivity contribution in [3.8, 4) is 0 Å². The lowest BCUT2D eigenvalue weighted by Crippen LogP contribution is -2.23. The number of nitrogens with one attached hydrogen (secondary N) is 2. The average Bonchev–Trinajstić information content (AvgIpc) is 2.69. The van der Waals surface area contributed by atoms with E-state index < -0.39 is 10.0 Å². The van der Waals surface area contributed by atoms with Gasteiger partial charge in [0.05, 0.1) is 10.6 Å². The third-order valence-electron chi connectivity index (χ3n) is 4.50. The van der Waals surface area contributed by atoms with Crippen molar-refractivity contribution in [2.75, 3.05) is 4.72 Å². The highest BCUT2D eigenvalue weighted by molar-refractivity contribution is 7.92. The van der Waals surface area contributed by atoms with E-state index in [1.165, 1.54) is 0 Å². The fourth-order valence-corrected chi connectivity index (χ4v) is 3.80. The minimum atomic E-state index is -3.74. The molecule has 1 heterocycles. The predicted octanol–water partition coefficient (Wildman–Crippen LogP) is 3.74. The van der Waals surface area contributed by atoms with Gasteiger partial charge in [-0.25, -0.2) is 8.42 Å². The summed E-state index contributed by atoms with van der Waals surface area (Å²) < 4.78 is 27.9. The highest BCUT2D eigenvalue weighted by atomic mass is 32.2. The van der Waals surface area contributed by atoms with Crippen molar-refractivity contribution >= 4 is 21.6 Å². The number of anilines is 1. The van der Waals surface area contributed by atoms with E-state index in [1.54, 1.807) is 55.6 Å². The first kappa shape index (κ1) is 20.5. The molecule has 0 aliphatic rings. The van der Waals surface area contributed by atoms with Crippen LogP contribution in [0.3, 0.4) is 0 Å². The summed E-state index contributed by atoms with van der Waals surface area (Å²) in [5.41, 5.74) is 4.23. The number of rotatable bonds is 6. The molecule has 29 heavy (non-hydrogen) atoms. The lowest BCUT2D eigenvalue weighted by Gasteiger charge is -2.13. The van der Waals surface area contributed by atoms with Crippen LogP contribution in [0.25, 0.3) is 0 Å². The molecular formula is C22H23N3O3S. The van der Waals surface area contributed by atoms with Crippen LogP contribution in [0.2, 0.25) is 0 Å². The predicted molar refractivity (Wildman–Crippen MR) is 113 cm³/mol. The van der Waals surface area contributed by atoms with Gasteiger partial charge in [-0.3, -0.25) is 14.5 Å². The van der Waals surface area contributed by atoms with Crippen molar-refractivity contribution in [3.63, 3.8) is 0 Å². The number of pyridine rings is 1. The van der Waals surface area contributed by atoms with Gasteiger partial charge in [0.1, 0.15) is 0 Å². The van der Waals surface area contributed by atoms with Crippen molar-refractivity contribution in [1.29, 1.82) is 0 Å². The molecule has 0 atom stereocenters. The first-order valence-corrected chi connectivity index (χ1v) is 10.6. The Morgan fingerprint density at radius 1 is 0.966 bits per heavy atom. The molecule has 7 heteroatoms. The fraction of sp³-hybridized carbons (Fsp3) is 0.182. The molecule has 3 aromatic rings. The van der Waals surface area contributed by atoms with Gasteiger partial charge in [0.15, 0.2) is 0 Å². The molecule has 1 amide bonds. The zero-order valence-corrected chi connectivity index (χ0v) is 17.4. The van der Waals surface area contributed by atoms with Gasteiger partial charge in [0.2, 0.25) is 0 Å². The number of aryl methyl sites for hydroxylation is 3. The Bertz CT molecular complexity index is 1120. The summed E-state index contributed by atoms with van der Waals surface area (Å²) in [5, 5.41) is 2.83. The number of aromatic nitrogens is 1. The van der Waals surface area contributed by atoms with Crippen LogP contribution in [0.1, 0.15) is 32.7 Å². The molecule has 0 spiro atoms. The maximum absolute atomic E-state index is 12.7. The quantitative estimate of drug-likeness (QED) is 0.649. The molecule has 150 valence electrons. The topological polar surface area (TPSA) is 88.2 Å². The number of hydrogen-bond acceptors (Lipinski definition) is 4. The van der Waals surface area contributed by atoms with Crippen LogP contribution in [0.15, 0.2) is 65.7 Å². The second-order valence-corrected chi connectivity index (χ2v) is 8.62. The molecule has 1 aromatic heterocycles. The van der Waals surface area contributed by atoms with E-state index in [4.69, 9.17) is 0 Å². The van der Waals surface area contributed by atoms with Crippen molar-refractivity contribution in [1.82, 2.24) is 10.3 Å². The fourth-order valence-electron chi connectivity index (χ4n) is 2.68. The molecule has 0 aliphatic heterocycles. The van der Waals surface area contributed by atoms with E-state index in [-0.39, 0.29) is 10.8 Å². The molecule has 2 aromatic carbocycles. The molecule has 3 rings (SSSR count). The van der Waals surface area contributed by atoms with Crippen LogP contribution < -0.4 is 10.0 Å². The lowest BCUT2D eigenvalue weighted by molar-refractivity contribution is 0.0951. The number of carbonyl (C=O) groups is 1. The van der Waals surface area contributed by atoms with Gasteiger partial charge in [-0.05, 0) is 62.2 Å². The van der Waals surface area contributed by atoms with E-state index in [2.05, 4.69) is 15.0 Å². The van der Waals surface area contributed by atoms with E-state index in [0.29, 0.717) is 17.8 Å². The van der Waals surface area contributed by atoms with E-state index in [0.717, 1.165) is 22.4 Å². The number of sulfonamides is 1. The molecule has 2 N–H and O–H groups in total. The first-order valence-electron chi connectivity index (χ1n) is 9.14. The van der Waals surface area contributed by atoms with Gasteiger partial charge in [-0.1, -0.05) is 29.8 Å². The van der Waals surface area contributed by atoms with Crippen LogP contribution >= 0.6 is 0 Å². The number of carbonyl (C=O) groups excluding carboxylic acids is 1. The van der Waals surface area contributed by atoms with Crippen LogP contribution in [-0.2, 0) is 16.6 Å². The molecule has 0 unspecified atom stereocenters. The highest BCUT2D eigenvalue weighted by Gasteiger charge is 2.16. The van der Waals surface area contributed by atoms with Crippen molar-refractivity contribution in [2.24, 2.45) is 0 Å². The number of hydrogen-bond donors (Lipinski definition) is 2. The maximum atomic E-state index is 12.7. The van der Waals surface area contributed by atoms with Gasteiger partial charge >= 0.3 is 0 Å². The molecule has 0 saturated carbocycles. The summed E-state index contributed by atoms with van der Waals surface area (Å²) >= 11 is 0. The summed E-state index contributed by atoms with van der Waals surface area (Å²) in [5.74, 6) is -0.290. The minimum absolute atomic E-state index is 0.171. The number of nitrogens with zero attached hydrogens (tertiary/aromatic N) is 1. The monoisotopic (exact) mass is 409 g/mol. The highest BCUT2D eigenvalue weighted by Crippen LogP contribution is 2.21. The smallest absolute Gasteiger partial charge is 0.261 e. The molecule has 0 saturated heterocycles. The van der Waals surface area contributed by atoms with Crippen LogP contribution in [0.5, 0.6) is 0 Å². The standard InChI is InChI=1S/C22H23N3O3S/c1-15-4-10-20(11-5-15)29(27,28)25-21-12-19(9-6-16(21)2)22(26)24-14-18-8-7-17(3)23-13-18/h4-13,25H,14H2,1-3H3,(H,24,26).